The lowest BCUT2D eigenvalue weighted by Gasteiger charge is -2.20. The summed E-state index contributed by atoms with van der Waals surface area (Å²) in [5.74, 6) is 0. The third kappa shape index (κ3) is 3.00. The predicted octanol–water partition coefficient (Wildman–Crippen LogP) is 4.62. The normalized spacial score (nSPS) is 11.1. The molecule has 18 heavy (non-hydrogen) atoms. The Balaban J connectivity index is 2.24. The van der Waals surface area contributed by atoms with Gasteiger partial charge in [-0.25, -0.2) is 0 Å². The fourth-order valence-corrected chi connectivity index (χ4v) is 2.45. The maximum absolute atomic E-state index is 4.18. The summed E-state index contributed by atoms with van der Waals surface area (Å²) in [6, 6.07) is 9.05. The van der Waals surface area contributed by atoms with E-state index in [2.05, 4.69) is 48.4 Å². The second kappa shape index (κ2) is 6.39. The van der Waals surface area contributed by atoms with Crippen molar-refractivity contribution in [3.63, 3.8) is 0 Å². The molecular formula is C16H22N2. The SMILES string of the molecule is CCCC(CCC)Nc1cccc2cnccc12. The van der Waals surface area contributed by atoms with Crippen molar-refractivity contribution in [2.24, 2.45) is 0 Å². The molecule has 1 aromatic carbocycles. The largest absolute Gasteiger partial charge is 0.382 e. The van der Waals surface area contributed by atoms with E-state index in [-0.39, 0.29) is 0 Å². The molecule has 0 unspecified atom stereocenters. The van der Waals surface area contributed by atoms with Gasteiger partial charge >= 0.3 is 0 Å². The Morgan fingerprint density at radius 1 is 1.11 bits per heavy atom. The van der Waals surface area contributed by atoms with Crippen molar-refractivity contribution >= 4 is 16.5 Å². The van der Waals surface area contributed by atoms with Crippen LogP contribution in [0.15, 0.2) is 36.7 Å². The van der Waals surface area contributed by atoms with E-state index in [1.165, 1.54) is 42.1 Å². The molecule has 1 N–H and O–H groups in total. The number of hydrogen-bond donors (Lipinski definition) is 1. The first-order valence-corrected chi connectivity index (χ1v) is 6.94. The average molecular weight is 242 g/mol. The highest BCUT2D eigenvalue weighted by molar-refractivity contribution is 5.93. The molecule has 0 amide bonds. The number of benzene rings is 1. The fraction of sp³-hybridized carbons (Fsp3) is 0.438. The molecule has 0 saturated heterocycles. The molecule has 2 aromatic rings. The van der Waals surface area contributed by atoms with E-state index in [0.717, 1.165) is 0 Å². The van der Waals surface area contributed by atoms with E-state index >= 15 is 0 Å². The van der Waals surface area contributed by atoms with Gasteiger partial charge in [-0.2, -0.15) is 0 Å². The summed E-state index contributed by atoms with van der Waals surface area (Å²) in [7, 11) is 0. The minimum atomic E-state index is 0.582. The van der Waals surface area contributed by atoms with Crippen LogP contribution in [0.25, 0.3) is 10.8 Å². The molecule has 0 radical (unpaired) electrons. The first-order valence-electron chi connectivity index (χ1n) is 6.94. The van der Waals surface area contributed by atoms with Crippen molar-refractivity contribution in [1.82, 2.24) is 4.98 Å². The number of fused-ring (bicyclic) bond motifs is 1. The molecule has 0 saturated carbocycles. The lowest BCUT2D eigenvalue weighted by atomic mass is 10.0. The minimum absolute atomic E-state index is 0.582. The lowest BCUT2D eigenvalue weighted by molar-refractivity contribution is 0.587. The molecule has 0 bridgehead atoms. The molecule has 2 heteroatoms. The van der Waals surface area contributed by atoms with Crippen molar-refractivity contribution in [3.05, 3.63) is 36.7 Å². The zero-order valence-electron chi connectivity index (χ0n) is 11.3. The molecule has 2 nitrogen and oxygen atoms in total. The highest BCUT2D eigenvalue weighted by Gasteiger charge is 2.08. The molecule has 0 aliphatic carbocycles. The van der Waals surface area contributed by atoms with Crippen molar-refractivity contribution in [2.75, 3.05) is 5.32 Å². The van der Waals surface area contributed by atoms with Gasteiger partial charge in [0.05, 0.1) is 0 Å². The van der Waals surface area contributed by atoms with Crippen molar-refractivity contribution in [1.29, 1.82) is 0 Å². The number of anilines is 1. The molecule has 0 spiro atoms. The van der Waals surface area contributed by atoms with Gasteiger partial charge in [-0.3, -0.25) is 4.98 Å². The van der Waals surface area contributed by atoms with Gasteiger partial charge in [0, 0.05) is 34.9 Å². The van der Waals surface area contributed by atoms with E-state index in [1.807, 2.05) is 12.4 Å². The Morgan fingerprint density at radius 3 is 2.61 bits per heavy atom. The second-order valence-electron chi connectivity index (χ2n) is 4.82. The summed E-state index contributed by atoms with van der Waals surface area (Å²) in [5.41, 5.74) is 1.24. The molecule has 2 rings (SSSR count). The minimum Gasteiger partial charge on any atom is -0.382 e. The molecule has 0 aliphatic heterocycles. The van der Waals surface area contributed by atoms with Crippen LogP contribution < -0.4 is 5.32 Å². The summed E-state index contributed by atoms with van der Waals surface area (Å²) < 4.78 is 0. The van der Waals surface area contributed by atoms with Crippen LogP contribution in [-0.4, -0.2) is 11.0 Å². The van der Waals surface area contributed by atoms with E-state index < -0.39 is 0 Å². The molecule has 96 valence electrons. The van der Waals surface area contributed by atoms with Crippen LogP contribution in [0, 0.1) is 0 Å². The molecule has 0 aliphatic rings. The molecule has 1 heterocycles. The van der Waals surface area contributed by atoms with Crippen LogP contribution in [0.4, 0.5) is 5.69 Å². The fourth-order valence-electron chi connectivity index (χ4n) is 2.45. The van der Waals surface area contributed by atoms with Crippen LogP contribution in [0.2, 0.25) is 0 Å². The maximum atomic E-state index is 4.18. The number of nitrogens with zero attached hydrogens (tertiary/aromatic N) is 1. The highest BCUT2D eigenvalue weighted by atomic mass is 14.9. The zero-order valence-corrected chi connectivity index (χ0v) is 11.3. The first-order chi connectivity index (χ1) is 8.85. The first kappa shape index (κ1) is 12.9. The summed E-state index contributed by atoms with van der Waals surface area (Å²) in [5, 5.41) is 6.17. The standard InChI is InChI=1S/C16H22N2/c1-3-6-14(7-4-2)18-16-9-5-8-13-12-17-11-10-15(13)16/h5,8-12,14,18H,3-4,6-7H2,1-2H3. The van der Waals surface area contributed by atoms with E-state index in [1.54, 1.807) is 0 Å². The topological polar surface area (TPSA) is 24.9 Å². The predicted molar refractivity (Wildman–Crippen MR) is 79.0 cm³/mol. The van der Waals surface area contributed by atoms with Gasteiger partial charge in [-0.05, 0) is 25.0 Å². The smallest absolute Gasteiger partial charge is 0.0423 e. The van der Waals surface area contributed by atoms with Gasteiger partial charge < -0.3 is 5.32 Å². The summed E-state index contributed by atoms with van der Waals surface area (Å²) in [6.07, 6.45) is 8.70. The van der Waals surface area contributed by atoms with Crippen LogP contribution in [0.1, 0.15) is 39.5 Å². The maximum Gasteiger partial charge on any atom is 0.0423 e. The Kier molecular flexibility index (Phi) is 4.57. The van der Waals surface area contributed by atoms with Crippen LogP contribution in [0.5, 0.6) is 0 Å². The zero-order chi connectivity index (χ0) is 12.8. The number of hydrogen-bond acceptors (Lipinski definition) is 2. The summed E-state index contributed by atoms with van der Waals surface area (Å²) >= 11 is 0. The van der Waals surface area contributed by atoms with Crippen molar-refractivity contribution in [2.45, 2.75) is 45.6 Å². The van der Waals surface area contributed by atoms with Crippen molar-refractivity contribution < 1.29 is 0 Å². The third-order valence-electron chi connectivity index (χ3n) is 3.31. The van der Waals surface area contributed by atoms with Crippen LogP contribution in [-0.2, 0) is 0 Å². The van der Waals surface area contributed by atoms with Crippen molar-refractivity contribution in [3.8, 4) is 0 Å². The van der Waals surface area contributed by atoms with Crippen LogP contribution >= 0.6 is 0 Å². The van der Waals surface area contributed by atoms with Gasteiger partial charge in [0.1, 0.15) is 0 Å². The quantitative estimate of drug-likeness (QED) is 0.799. The van der Waals surface area contributed by atoms with Gasteiger partial charge in [-0.15, -0.1) is 0 Å². The van der Waals surface area contributed by atoms with Gasteiger partial charge in [0.25, 0.3) is 0 Å². The van der Waals surface area contributed by atoms with E-state index in [0.29, 0.717) is 6.04 Å². The monoisotopic (exact) mass is 242 g/mol. The number of aromatic nitrogens is 1. The van der Waals surface area contributed by atoms with Gasteiger partial charge in [0.2, 0.25) is 0 Å². The lowest BCUT2D eigenvalue weighted by Crippen LogP contribution is -2.19. The Labute approximate surface area is 109 Å². The second-order valence-corrected chi connectivity index (χ2v) is 4.82. The van der Waals surface area contributed by atoms with Gasteiger partial charge in [0.15, 0.2) is 0 Å². The van der Waals surface area contributed by atoms with Crippen LogP contribution in [0.3, 0.4) is 0 Å². The Morgan fingerprint density at radius 2 is 1.89 bits per heavy atom. The molecular weight excluding hydrogens is 220 g/mol. The molecule has 1 aromatic heterocycles. The van der Waals surface area contributed by atoms with Gasteiger partial charge in [-0.1, -0.05) is 38.8 Å². The Hall–Kier alpha value is -1.57. The van der Waals surface area contributed by atoms with E-state index in [9.17, 15) is 0 Å². The third-order valence-corrected chi connectivity index (χ3v) is 3.31. The molecule has 0 fully saturated rings. The highest BCUT2D eigenvalue weighted by Crippen LogP contribution is 2.24. The summed E-state index contributed by atoms with van der Waals surface area (Å²) in [6.45, 7) is 4.49. The Bertz CT molecular complexity index is 482. The number of nitrogens with one attached hydrogen (secondary N) is 1. The number of rotatable bonds is 6. The van der Waals surface area contributed by atoms with E-state index in [4.69, 9.17) is 0 Å². The number of pyridine rings is 1. The molecule has 0 atom stereocenters. The summed E-state index contributed by atoms with van der Waals surface area (Å²) in [4.78, 5) is 4.18. The average Bonchev–Trinajstić information content (AvgIpc) is 2.40.